The van der Waals surface area contributed by atoms with E-state index >= 15 is 0 Å². The second kappa shape index (κ2) is 4.17. The number of benzene rings is 1. The van der Waals surface area contributed by atoms with Crippen molar-refractivity contribution in [2.24, 2.45) is 5.41 Å². The van der Waals surface area contributed by atoms with Gasteiger partial charge in [-0.1, -0.05) is 19.1 Å². The normalized spacial score (nSPS) is 16.6. The van der Waals surface area contributed by atoms with E-state index in [9.17, 15) is 0 Å². The second-order valence-electron chi connectivity index (χ2n) is 4.82. The largest absolute Gasteiger partial charge is 0.383 e. The van der Waals surface area contributed by atoms with Gasteiger partial charge in [0.05, 0.1) is 11.3 Å². The van der Waals surface area contributed by atoms with Crippen molar-refractivity contribution in [3.8, 4) is 6.07 Å². The fourth-order valence-corrected chi connectivity index (χ4v) is 2.10. The Morgan fingerprint density at radius 3 is 2.75 bits per heavy atom. The summed E-state index contributed by atoms with van der Waals surface area (Å²) < 4.78 is 0. The minimum atomic E-state index is 0.509. The van der Waals surface area contributed by atoms with Gasteiger partial charge in [-0.2, -0.15) is 5.26 Å². The molecular formula is C14H18N2. The molecule has 1 aliphatic rings. The van der Waals surface area contributed by atoms with Crippen molar-refractivity contribution >= 4 is 5.69 Å². The third kappa shape index (κ3) is 2.04. The van der Waals surface area contributed by atoms with Gasteiger partial charge in [-0.3, -0.25) is 0 Å². The van der Waals surface area contributed by atoms with Crippen LogP contribution in [-0.4, -0.2) is 6.54 Å². The van der Waals surface area contributed by atoms with Crippen molar-refractivity contribution < 1.29 is 0 Å². The Morgan fingerprint density at radius 1 is 1.44 bits per heavy atom. The van der Waals surface area contributed by atoms with E-state index in [0.29, 0.717) is 5.41 Å². The molecule has 0 spiro atoms. The van der Waals surface area contributed by atoms with Crippen LogP contribution in [0.2, 0.25) is 0 Å². The first-order chi connectivity index (χ1) is 7.71. The highest BCUT2D eigenvalue weighted by Crippen LogP contribution is 2.48. The van der Waals surface area contributed by atoms with Crippen LogP contribution in [0.3, 0.4) is 0 Å². The molecule has 0 amide bonds. The summed E-state index contributed by atoms with van der Waals surface area (Å²) in [4.78, 5) is 0. The molecule has 0 heterocycles. The number of rotatable bonds is 4. The minimum absolute atomic E-state index is 0.509. The van der Waals surface area contributed by atoms with Crippen LogP contribution in [0.5, 0.6) is 0 Å². The molecule has 1 aliphatic carbocycles. The molecule has 16 heavy (non-hydrogen) atoms. The molecule has 1 saturated carbocycles. The van der Waals surface area contributed by atoms with Crippen LogP contribution in [0.25, 0.3) is 0 Å². The van der Waals surface area contributed by atoms with Gasteiger partial charge < -0.3 is 5.32 Å². The Kier molecular flexibility index (Phi) is 2.87. The standard InChI is InChI=1S/C14H18N2/c1-3-14(7-8-14)10-16-13-11(2)5-4-6-12(13)9-15/h4-6,16H,3,7-8,10H2,1-2H3. The van der Waals surface area contributed by atoms with Crippen LogP contribution in [0, 0.1) is 23.7 Å². The van der Waals surface area contributed by atoms with Gasteiger partial charge in [0, 0.05) is 6.54 Å². The number of nitriles is 1. The summed E-state index contributed by atoms with van der Waals surface area (Å²) in [5, 5.41) is 12.5. The zero-order valence-electron chi connectivity index (χ0n) is 10.0. The number of anilines is 1. The van der Waals surface area contributed by atoms with Gasteiger partial charge in [0.25, 0.3) is 0 Å². The number of para-hydroxylation sites is 1. The van der Waals surface area contributed by atoms with Crippen LogP contribution in [-0.2, 0) is 0 Å². The van der Waals surface area contributed by atoms with Crippen LogP contribution in [0.4, 0.5) is 5.69 Å². The molecule has 2 nitrogen and oxygen atoms in total. The molecule has 2 heteroatoms. The zero-order valence-corrected chi connectivity index (χ0v) is 10.0. The second-order valence-corrected chi connectivity index (χ2v) is 4.82. The number of nitrogens with one attached hydrogen (secondary N) is 1. The highest BCUT2D eigenvalue weighted by molar-refractivity contribution is 5.62. The molecule has 0 bridgehead atoms. The maximum Gasteiger partial charge on any atom is 0.101 e. The first-order valence-corrected chi connectivity index (χ1v) is 5.94. The lowest BCUT2D eigenvalue weighted by Gasteiger charge is -2.16. The topological polar surface area (TPSA) is 35.8 Å². The van der Waals surface area contributed by atoms with Crippen molar-refractivity contribution in [2.75, 3.05) is 11.9 Å². The van der Waals surface area contributed by atoms with E-state index in [0.717, 1.165) is 23.4 Å². The van der Waals surface area contributed by atoms with E-state index in [-0.39, 0.29) is 0 Å². The van der Waals surface area contributed by atoms with Gasteiger partial charge in [-0.15, -0.1) is 0 Å². The van der Waals surface area contributed by atoms with Crippen LogP contribution in [0.15, 0.2) is 18.2 Å². The molecule has 0 unspecified atom stereocenters. The summed E-state index contributed by atoms with van der Waals surface area (Å²) in [5.74, 6) is 0. The molecule has 1 N–H and O–H groups in total. The molecule has 0 radical (unpaired) electrons. The van der Waals surface area contributed by atoms with E-state index in [1.807, 2.05) is 12.1 Å². The molecule has 0 aromatic heterocycles. The quantitative estimate of drug-likeness (QED) is 0.833. The van der Waals surface area contributed by atoms with Crippen molar-refractivity contribution in [2.45, 2.75) is 33.1 Å². The van der Waals surface area contributed by atoms with Gasteiger partial charge in [0.1, 0.15) is 6.07 Å². The molecule has 1 fully saturated rings. The van der Waals surface area contributed by atoms with Crippen LogP contribution in [0.1, 0.15) is 37.3 Å². The van der Waals surface area contributed by atoms with Gasteiger partial charge >= 0.3 is 0 Å². The lowest BCUT2D eigenvalue weighted by atomic mass is 10.0. The fraction of sp³-hybridized carbons (Fsp3) is 0.500. The van der Waals surface area contributed by atoms with Gasteiger partial charge in [0.2, 0.25) is 0 Å². The minimum Gasteiger partial charge on any atom is -0.383 e. The maximum atomic E-state index is 9.06. The number of hydrogen-bond donors (Lipinski definition) is 1. The monoisotopic (exact) mass is 214 g/mol. The molecule has 1 aromatic rings. The highest BCUT2D eigenvalue weighted by Gasteiger charge is 2.40. The summed E-state index contributed by atoms with van der Waals surface area (Å²) in [6, 6.07) is 8.11. The van der Waals surface area contributed by atoms with E-state index < -0.39 is 0 Å². The molecule has 0 saturated heterocycles. The molecule has 1 aromatic carbocycles. The Bertz CT molecular complexity index is 425. The Balaban J connectivity index is 2.12. The summed E-state index contributed by atoms with van der Waals surface area (Å²) in [7, 11) is 0. The molecule has 2 rings (SSSR count). The first kappa shape index (κ1) is 11.0. The number of hydrogen-bond acceptors (Lipinski definition) is 2. The Morgan fingerprint density at radius 2 is 2.19 bits per heavy atom. The Labute approximate surface area is 97.3 Å². The number of nitrogens with zero attached hydrogens (tertiary/aromatic N) is 1. The van der Waals surface area contributed by atoms with Crippen LogP contribution < -0.4 is 5.32 Å². The first-order valence-electron chi connectivity index (χ1n) is 5.94. The lowest BCUT2D eigenvalue weighted by molar-refractivity contribution is 0.521. The summed E-state index contributed by atoms with van der Waals surface area (Å²) in [6.07, 6.45) is 3.88. The molecule has 0 atom stereocenters. The van der Waals surface area contributed by atoms with Crippen LogP contribution >= 0.6 is 0 Å². The average Bonchev–Trinajstić information content (AvgIpc) is 3.08. The van der Waals surface area contributed by atoms with Crippen molar-refractivity contribution in [1.29, 1.82) is 5.26 Å². The zero-order chi connectivity index (χ0) is 11.6. The third-order valence-corrected chi connectivity index (χ3v) is 3.74. The number of aryl methyl sites for hydroxylation is 1. The van der Waals surface area contributed by atoms with Gasteiger partial charge in [0.15, 0.2) is 0 Å². The highest BCUT2D eigenvalue weighted by atomic mass is 14.9. The molecular weight excluding hydrogens is 196 g/mol. The lowest BCUT2D eigenvalue weighted by Crippen LogP contribution is -2.15. The van der Waals surface area contributed by atoms with Crippen molar-refractivity contribution in [1.82, 2.24) is 0 Å². The SMILES string of the molecule is CCC1(CNc2c(C)cccc2C#N)CC1. The van der Waals surface area contributed by atoms with E-state index in [1.165, 1.54) is 19.3 Å². The van der Waals surface area contributed by atoms with Gasteiger partial charge in [-0.25, -0.2) is 0 Å². The third-order valence-electron chi connectivity index (χ3n) is 3.74. The fourth-order valence-electron chi connectivity index (χ4n) is 2.10. The smallest absolute Gasteiger partial charge is 0.101 e. The predicted octanol–water partition coefficient (Wildman–Crippen LogP) is 3.47. The molecule has 0 aliphatic heterocycles. The summed E-state index contributed by atoms with van der Waals surface area (Å²) in [6.45, 7) is 5.30. The van der Waals surface area contributed by atoms with E-state index in [2.05, 4.69) is 31.3 Å². The molecule has 84 valence electrons. The Hall–Kier alpha value is -1.49. The summed E-state index contributed by atoms with van der Waals surface area (Å²) >= 11 is 0. The van der Waals surface area contributed by atoms with E-state index in [4.69, 9.17) is 5.26 Å². The maximum absolute atomic E-state index is 9.06. The summed E-state index contributed by atoms with van der Waals surface area (Å²) in [5.41, 5.74) is 3.44. The van der Waals surface area contributed by atoms with Gasteiger partial charge in [-0.05, 0) is 43.2 Å². The van der Waals surface area contributed by atoms with E-state index in [1.54, 1.807) is 0 Å². The predicted molar refractivity (Wildman–Crippen MR) is 66.3 cm³/mol. The average molecular weight is 214 g/mol. The van der Waals surface area contributed by atoms with Crippen molar-refractivity contribution in [3.05, 3.63) is 29.3 Å². The van der Waals surface area contributed by atoms with Crippen molar-refractivity contribution in [3.63, 3.8) is 0 Å².